The van der Waals surface area contributed by atoms with E-state index in [4.69, 9.17) is 4.42 Å². The van der Waals surface area contributed by atoms with E-state index < -0.39 is 0 Å². The topological polar surface area (TPSA) is 61.6 Å². The van der Waals surface area contributed by atoms with Crippen LogP contribution in [0.3, 0.4) is 0 Å². The van der Waals surface area contributed by atoms with Gasteiger partial charge in [-0.25, -0.2) is 4.98 Å². The highest BCUT2D eigenvalue weighted by molar-refractivity contribution is 5.93. The maximum Gasteiger partial charge on any atom is 0.273 e. The summed E-state index contributed by atoms with van der Waals surface area (Å²) in [6.07, 6.45) is 0. The molecule has 0 radical (unpaired) electrons. The number of aryl methyl sites for hydroxylation is 1. The second-order valence-electron chi connectivity index (χ2n) is 7.65. The van der Waals surface area contributed by atoms with Gasteiger partial charge in [-0.2, -0.15) is 0 Å². The first-order chi connectivity index (χ1) is 14.7. The fourth-order valence-electron chi connectivity index (χ4n) is 3.74. The highest BCUT2D eigenvalue weighted by Crippen LogP contribution is 2.21. The Morgan fingerprint density at radius 3 is 2.30 bits per heavy atom. The molecule has 1 aliphatic heterocycles. The minimum Gasteiger partial charge on any atom is -0.441 e. The Balaban J connectivity index is 1.22. The predicted molar refractivity (Wildman–Crippen MR) is 117 cm³/mol. The summed E-state index contributed by atoms with van der Waals surface area (Å²) in [5, 5.41) is 2.99. The Hall–Kier alpha value is -2.96. The first kappa shape index (κ1) is 20.3. The van der Waals surface area contributed by atoms with Crippen LogP contribution < -0.4 is 5.32 Å². The molecule has 1 fully saturated rings. The van der Waals surface area contributed by atoms with Crippen molar-refractivity contribution in [2.45, 2.75) is 13.5 Å². The van der Waals surface area contributed by atoms with E-state index in [0.717, 1.165) is 44.8 Å². The van der Waals surface area contributed by atoms with Crippen LogP contribution in [0.15, 0.2) is 65.1 Å². The molecule has 1 aromatic heterocycles. The molecule has 1 saturated heterocycles. The molecular formula is C24H28N4O2. The molecule has 0 atom stereocenters. The van der Waals surface area contributed by atoms with Crippen LogP contribution in [0.25, 0.3) is 11.5 Å². The fraction of sp³-hybridized carbons (Fsp3) is 0.333. The van der Waals surface area contributed by atoms with Gasteiger partial charge in [0.05, 0.1) is 0 Å². The van der Waals surface area contributed by atoms with E-state index in [1.165, 1.54) is 5.56 Å². The Kier molecular flexibility index (Phi) is 6.57. The third kappa shape index (κ3) is 5.14. The second kappa shape index (κ2) is 9.69. The van der Waals surface area contributed by atoms with Gasteiger partial charge in [0, 0.05) is 51.4 Å². The van der Waals surface area contributed by atoms with E-state index in [0.29, 0.717) is 23.9 Å². The van der Waals surface area contributed by atoms with Crippen LogP contribution in [-0.4, -0.2) is 60.0 Å². The van der Waals surface area contributed by atoms with Crippen molar-refractivity contribution in [2.75, 3.05) is 39.3 Å². The summed E-state index contributed by atoms with van der Waals surface area (Å²) in [6, 6.07) is 20.2. The summed E-state index contributed by atoms with van der Waals surface area (Å²) in [4.78, 5) is 21.8. The molecule has 2 heterocycles. The zero-order valence-corrected chi connectivity index (χ0v) is 17.4. The monoisotopic (exact) mass is 404 g/mol. The third-order valence-electron chi connectivity index (χ3n) is 5.46. The molecule has 6 nitrogen and oxygen atoms in total. The zero-order chi connectivity index (χ0) is 20.8. The van der Waals surface area contributed by atoms with Crippen molar-refractivity contribution in [3.63, 3.8) is 0 Å². The Morgan fingerprint density at radius 1 is 0.967 bits per heavy atom. The summed E-state index contributed by atoms with van der Waals surface area (Å²) in [6.45, 7) is 8.35. The number of aromatic nitrogens is 1. The Morgan fingerprint density at radius 2 is 1.60 bits per heavy atom. The van der Waals surface area contributed by atoms with Crippen LogP contribution in [0.4, 0.5) is 0 Å². The molecule has 0 spiro atoms. The number of rotatable bonds is 7. The number of piperazine rings is 1. The standard InChI is InChI=1S/C24H28N4O2/c1-19-22(26-24(30-19)21-10-6-3-7-11-21)23(29)25-12-13-27-14-16-28(17-15-27)18-20-8-4-2-5-9-20/h2-11H,12-18H2,1H3,(H,25,29). The van der Waals surface area contributed by atoms with E-state index >= 15 is 0 Å². The number of amides is 1. The molecule has 0 aliphatic carbocycles. The van der Waals surface area contributed by atoms with E-state index in [-0.39, 0.29) is 5.91 Å². The number of carbonyl (C=O) groups is 1. The van der Waals surface area contributed by atoms with Crippen molar-refractivity contribution in [3.8, 4) is 11.5 Å². The highest BCUT2D eigenvalue weighted by atomic mass is 16.4. The van der Waals surface area contributed by atoms with Gasteiger partial charge in [0.1, 0.15) is 5.76 Å². The number of carbonyl (C=O) groups excluding carboxylic acids is 1. The van der Waals surface area contributed by atoms with E-state index in [1.54, 1.807) is 6.92 Å². The summed E-state index contributed by atoms with van der Waals surface area (Å²) < 4.78 is 5.69. The lowest BCUT2D eigenvalue weighted by atomic mass is 10.2. The Bertz CT molecular complexity index is 948. The van der Waals surface area contributed by atoms with Crippen LogP contribution in [0.1, 0.15) is 21.8 Å². The lowest BCUT2D eigenvalue weighted by Crippen LogP contribution is -2.48. The minimum absolute atomic E-state index is 0.179. The van der Waals surface area contributed by atoms with Crippen LogP contribution >= 0.6 is 0 Å². The molecule has 4 rings (SSSR count). The average Bonchev–Trinajstić information content (AvgIpc) is 3.18. The highest BCUT2D eigenvalue weighted by Gasteiger charge is 2.19. The van der Waals surface area contributed by atoms with Crippen molar-refractivity contribution >= 4 is 5.91 Å². The molecule has 30 heavy (non-hydrogen) atoms. The van der Waals surface area contributed by atoms with Crippen LogP contribution in [0.2, 0.25) is 0 Å². The maximum absolute atomic E-state index is 12.5. The SMILES string of the molecule is Cc1oc(-c2ccccc2)nc1C(=O)NCCN1CCN(Cc2ccccc2)CC1. The van der Waals surface area contributed by atoms with Gasteiger partial charge in [-0.1, -0.05) is 48.5 Å². The first-order valence-electron chi connectivity index (χ1n) is 10.5. The first-order valence-corrected chi connectivity index (χ1v) is 10.5. The third-order valence-corrected chi connectivity index (χ3v) is 5.46. The van der Waals surface area contributed by atoms with Crippen LogP contribution in [0.5, 0.6) is 0 Å². The van der Waals surface area contributed by atoms with Crippen LogP contribution in [0, 0.1) is 6.92 Å². The summed E-state index contributed by atoms with van der Waals surface area (Å²) in [5.74, 6) is 0.842. The maximum atomic E-state index is 12.5. The molecule has 0 bridgehead atoms. The number of oxazole rings is 1. The molecule has 1 N–H and O–H groups in total. The quantitative estimate of drug-likeness (QED) is 0.655. The number of benzene rings is 2. The van der Waals surface area contributed by atoms with Gasteiger partial charge in [-0.3, -0.25) is 14.6 Å². The molecule has 2 aromatic carbocycles. The van der Waals surface area contributed by atoms with E-state index in [2.05, 4.69) is 50.4 Å². The van der Waals surface area contributed by atoms with Gasteiger partial charge in [0.25, 0.3) is 5.91 Å². The van der Waals surface area contributed by atoms with Crippen molar-refractivity contribution in [3.05, 3.63) is 77.7 Å². The molecule has 1 aliphatic rings. The Labute approximate surface area is 177 Å². The van der Waals surface area contributed by atoms with Gasteiger partial charge in [0.2, 0.25) is 5.89 Å². The molecule has 3 aromatic rings. The van der Waals surface area contributed by atoms with Gasteiger partial charge in [0.15, 0.2) is 5.69 Å². The zero-order valence-electron chi connectivity index (χ0n) is 17.4. The van der Waals surface area contributed by atoms with E-state index in [9.17, 15) is 4.79 Å². The van der Waals surface area contributed by atoms with Gasteiger partial charge in [-0.15, -0.1) is 0 Å². The minimum atomic E-state index is -0.179. The number of nitrogens with one attached hydrogen (secondary N) is 1. The van der Waals surface area contributed by atoms with Crippen LogP contribution in [-0.2, 0) is 6.54 Å². The fourth-order valence-corrected chi connectivity index (χ4v) is 3.74. The normalized spacial score (nSPS) is 15.2. The van der Waals surface area contributed by atoms with E-state index in [1.807, 2.05) is 30.3 Å². The summed E-state index contributed by atoms with van der Waals surface area (Å²) >= 11 is 0. The van der Waals surface area contributed by atoms with Crippen molar-refractivity contribution in [1.82, 2.24) is 20.1 Å². The van der Waals surface area contributed by atoms with Gasteiger partial charge < -0.3 is 9.73 Å². The van der Waals surface area contributed by atoms with Crippen molar-refractivity contribution in [1.29, 1.82) is 0 Å². The summed E-state index contributed by atoms with van der Waals surface area (Å²) in [5.41, 5.74) is 2.59. The van der Waals surface area contributed by atoms with Gasteiger partial charge >= 0.3 is 0 Å². The second-order valence-corrected chi connectivity index (χ2v) is 7.65. The molecule has 6 heteroatoms. The largest absolute Gasteiger partial charge is 0.441 e. The predicted octanol–water partition coefficient (Wildman–Crippen LogP) is 3.20. The number of hydrogen-bond acceptors (Lipinski definition) is 5. The molecule has 0 unspecified atom stereocenters. The smallest absolute Gasteiger partial charge is 0.273 e. The molecular weight excluding hydrogens is 376 g/mol. The summed E-state index contributed by atoms with van der Waals surface area (Å²) in [7, 11) is 0. The average molecular weight is 405 g/mol. The molecule has 0 saturated carbocycles. The lowest BCUT2D eigenvalue weighted by Gasteiger charge is -2.34. The lowest BCUT2D eigenvalue weighted by molar-refractivity contribution is 0.0928. The number of hydrogen-bond donors (Lipinski definition) is 1. The van der Waals surface area contributed by atoms with Crippen molar-refractivity contribution < 1.29 is 9.21 Å². The van der Waals surface area contributed by atoms with Gasteiger partial charge in [-0.05, 0) is 24.6 Å². The van der Waals surface area contributed by atoms with Crippen molar-refractivity contribution in [2.24, 2.45) is 0 Å². The number of nitrogens with zero attached hydrogens (tertiary/aromatic N) is 3. The molecule has 156 valence electrons. The molecule has 1 amide bonds.